The van der Waals surface area contributed by atoms with E-state index in [0.717, 1.165) is 17.5 Å². The fourth-order valence-corrected chi connectivity index (χ4v) is 4.35. The van der Waals surface area contributed by atoms with Gasteiger partial charge in [-0.15, -0.1) is 5.10 Å². The lowest BCUT2D eigenvalue weighted by molar-refractivity contribution is 0.0910. The van der Waals surface area contributed by atoms with Crippen LogP contribution in [0.4, 0.5) is 0 Å². The summed E-state index contributed by atoms with van der Waals surface area (Å²) in [5.41, 5.74) is 1.23. The van der Waals surface area contributed by atoms with Gasteiger partial charge in [0.05, 0.1) is 11.9 Å². The molecule has 1 aromatic heterocycles. The Morgan fingerprint density at radius 3 is 2.78 bits per heavy atom. The van der Waals surface area contributed by atoms with Crippen LogP contribution in [0.3, 0.4) is 0 Å². The molecule has 120 valence electrons. The smallest absolute Gasteiger partial charge is 0.273 e. The van der Waals surface area contributed by atoms with E-state index in [4.69, 9.17) is 0 Å². The van der Waals surface area contributed by atoms with Gasteiger partial charge in [0.2, 0.25) is 0 Å². The predicted molar refractivity (Wildman–Crippen MR) is 87.2 cm³/mol. The van der Waals surface area contributed by atoms with Crippen molar-refractivity contribution >= 4 is 5.91 Å². The molecule has 0 radical (unpaired) electrons. The van der Waals surface area contributed by atoms with Gasteiger partial charge in [-0.05, 0) is 56.1 Å². The zero-order chi connectivity index (χ0) is 15.8. The number of para-hydroxylation sites is 1. The van der Waals surface area contributed by atoms with Crippen molar-refractivity contribution in [2.24, 2.45) is 17.8 Å². The number of fused-ring (bicyclic) bond motifs is 2. The second-order valence-corrected chi connectivity index (χ2v) is 6.96. The minimum Gasteiger partial charge on any atom is -0.348 e. The van der Waals surface area contributed by atoms with Crippen LogP contribution in [0.15, 0.2) is 36.5 Å². The van der Waals surface area contributed by atoms with E-state index < -0.39 is 0 Å². The number of nitrogens with zero attached hydrogens (tertiary/aromatic N) is 3. The lowest BCUT2D eigenvalue weighted by Crippen LogP contribution is -2.40. The highest BCUT2D eigenvalue weighted by atomic mass is 16.2. The Morgan fingerprint density at radius 1 is 1.26 bits per heavy atom. The predicted octanol–water partition coefficient (Wildman–Crippen LogP) is 2.82. The molecule has 4 atom stereocenters. The normalized spacial score (nSPS) is 27.1. The Morgan fingerprint density at radius 2 is 2.09 bits per heavy atom. The van der Waals surface area contributed by atoms with Crippen LogP contribution in [-0.2, 0) is 0 Å². The van der Waals surface area contributed by atoms with Crippen LogP contribution in [0.2, 0.25) is 0 Å². The maximum atomic E-state index is 12.4. The zero-order valence-corrected chi connectivity index (χ0v) is 13.4. The summed E-state index contributed by atoms with van der Waals surface area (Å²) in [5, 5.41) is 11.6. The summed E-state index contributed by atoms with van der Waals surface area (Å²) in [6.07, 6.45) is 6.88. The summed E-state index contributed by atoms with van der Waals surface area (Å²) in [6.45, 7) is 2.13. The van der Waals surface area contributed by atoms with Gasteiger partial charge in [0.25, 0.3) is 5.91 Å². The van der Waals surface area contributed by atoms with Crippen LogP contribution in [0, 0.1) is 17.8 Å². The third-order valence-electron chi connectivity index (χ3n) is 5.51. The minimum absolute atomic E-state index is 0.123. The van der Waals surface area contributed by atoms with E-state index >= 15 is 0 Å². The lowest BCUT2D eigenvalue weighted by Gasteiger charge is -2.28. The van der Waals surface area contributed by atoms with E-state index in [-0.39, 0.29) is 11.9 Å². The van der Waals surface area contributed by atoms with Crippen LogP contribution in [-0.4, -0.2) is 26.9 Å². The second kappa shape index (κ2) is 5.80. The van der Waals surface area contributed by atoms with E-state index in [2.05, 4.69) is 22.4 Å². The van der Waals surface area contributed by atoms with Gasteiger partial charge < -0.3 is 5.32 Å². The summed E-state index contributed by atoms with van der Waals surface area (Å²) in [5.74, 6) is 2.20. The van der Waals surface area contributed by atoms with Crippen LogP contribution in [0.5, 0.6) is 0 Å². The monoisotopic (exact) mass is 310 g/mol. The number of hydrogen-bond donors (Lipinski definition) is 1. The van der Waals surface area contributed by atoms with Crippen molar-refractivity contribution in [2.45, 2.75) is 38.6 Å². The molecule has 2 fully saturated rings. The fourth-order valence-electron chi connectivity index (χ4n) is 4.35. The average molecular weight is 310 g/mol. The van der Waals surface area contributed by atoms with Gasteiger partial charge in [0.1, 0.15) is 0 Å². The van der Waals surface area contributed by atoms with Gasteiger partial charge in [0.15, 0.2) is 5.69 Å². The number of rotatable bonds is 4. The molecule has 0 aliphatic heterocycles. The highest BCUT2D eigenvalue weighted by molar-refractivity contribution is 5.92. The first-order chi connectivity index (χ1) is 11.2. The van der Waals surface area contributed by atoms with Crippen molar-refractivity contribution in [3.05, 3.63) is 42.2 Å². The molecule has 2 aromatic rings. The molecule has 0 saturated heterocycles. The summed E-state index contributed by atoms with van der Waals surface area (Å²) in [6, 6.07) is 9.84. The number of benzene rings is 1. The van der Waals surface area contributed by atoms with Crippen LogP contribution >= 0.6 is 0 Å². The maximum absolute atomic E-state index is 12.4. The average Bonchev–Trinajstić information content (AvgIpc) is 3.31. The Hall–Kier alpha value is -2.17. The first kappa shape index (κ1) is 14.4. The molecule has 4 rings (SSSR count). The Balaban J connectivity index is 1.42. The van der Waals surface area contributed by atoms with E-state index in [1.807, 2.05) is 30.3 Å². The molecule has 1 amide bonds. The van der Waals surface area contributed by atoms with Crippen LogP contribution < -0.4 is 5.32 Å². The fraction of sp³-hybridized carbons (Fsp3) is 0.500. The summed E-state index contributed by atoms with van der Waals surface area (Å²) >= 11 is 0. The Bertz CT molecular complexity index is 696. The number of aromatic nitrogens is 3. The van der Waals surface area contributed by atoms with Crippen molar-refractivity contribution in [1.29, 1.82) is 0 Å². The molecule has 2 aliphatic rings. The molecule has 1 aromatic carbocycles. The lowest BCUT2D eigenvalue weighted by atomic mass is 9.84. The first-order valence-electron chi connectivity index (χ1n) is 8.49. The van der Waals surface area contributed by atoms with E-state index in [1.54, 1.807) is 0 Å². The number of carbonyl (C=O) groups is 1. The van der Waals surface area contributed by atoms with E-state index in [1.165, 1.54) is 36.7 Å². The van der Waals surface area contributed by atoms with Gasteiger partial charge in [0, 0.05) is 6.04 Å². The van der Waals surface area contributed by atoms with Crippen molar-refractivity contribution in [2.75, 3.05) is 0 Å². The summed E-state index contributed by atoms with van der Waals surface area (Å²) in [4.78, 5) is 13.9. The van der Waals surface area contributed by atoms with Crippen molar-refractivity contribution < 1.29 is 4.79 Å². The topological polar surface area (TPSA) is 59.8 Å². The Kier molecular flexibility index (Phi) is 3.63. The molecule has 0 unspecified atom stereocenters. The van der Waals surface area contributed by atoms with Gasteiger partial charge >= 0.3 is 0 Å². The third-order valence-corrected chi connectivity index (χ3v) is 5.51. The quantitative estimate of drug-likeness (QED) is 0.944. The number of carbonyl (C=O) groups excluding carboxylic acids is 1. The highest BCUT2D eigenvalue weighted by Crippen LogP contribution is 2.49. The second-order valence-electron chi connectivity index (χ2n) is 6.96. The van der Waals surface area contributed by atoms with Crippen molar-refractivity contribution in [3.8, 4) is 5.69 Å². The molecule has 0 spiro atoms. The van der Waals surface area contributed by atoms with Crippen molar-refractivity contribution in [3.63, 3.8) is 0 Å². The molecule has 2 bridgehead atoms. The largest absolute Gasteiger partial charge is 0.348 e. The van der Waals surface area contributed by atoms with Gasteiger partial charge in [-0.3, -0.25) is 4.79 Å². The number of nitrogens with one attached hydrogen (secondary N) is 1. The SMILES string of the molecule is C[C@H](NC(=O)c1cnn(-c2ccccc2)n1)[C@@H]1C[C@H]2CC[C@H]1C2. The molecule has 23 heavy (non-hydrogen) atoms. The molecule has 1 N–H and O–H groups in total. The van der Waals surface area contributed by atoms with Crippen LogP contribution in [0.25, 0.3) is 5.69 Å². The molecular weight excluding hydrogens is 288 g/mol. The molecule has 1 heterocycles. The Labute approximate surface area is 136 Å². The van der Waals surface area contributed by atoms with E-state index in [0.29, 0.717) is 11.6 Å². The standard InChI is InChI=1S/C18H22N4O/c1-12(16-10-13-7-8-14(16)9-13)20-18(23)17-11-19-22(21-17)15-5-3-2-4-6-15/h2-6,11-14,16H,7-10H2,1H3,(H,20,23)/t12-,13-,14-,16-/m0/s1. The van der Waals surface area contributed by atoms with E-state index in [9.17, 15) is 4.79 Å². The molecule has 5 heteroatoms. The maximum Gasteiger partial charge on any atom is 0.273 e. The minimum atomic E-state index is -0.123. The molecule has 5 nitrogen and oxygen atoms in total. The third kappa shape index (κ3) is 2.76. The van der Waals surface area contributed by atoms with Crippen molar-refractivity contribution in [1.82, 2.24) is 20.3 Å². The molecular formula is C18H22N4O. The van der Waals surface area contributed by atoms with Gasteiger partial charge in [-0.25, -0.2) is 0 Å². The van der Waals surface area contributed by atoms with Gasteiger partial charge in [-0.1, -0.05) is 24.6 Å². The molecule has 2 aliphatic carbocycles. The number of amides is 1. The van der Waals surface area contributed by atoms with Crippen LogP contribution in [0.1, 0.15) is 43.1 Å². The number of hydrogen-bond acceptors (Lipinski definition) is 3. The summed E-state index contributed by atoms with van der Waals surface area (Å²) in [7, 11) is 0. The van der Waals surface area contributed by atoms with Gasteiger partial charge in [-0.2, -0.15) is 9.90 Å². The summed E-state index contributed by atoms with van der Waals surface area (Å²) < 4.78 is 0. The highest BCUT2D eigenvalue weighted by Gasteiger charge is 2.42. The zero-order valence-electron chi connectivity index (χ0n) is 13.4. The molecule has 2 saturated carbocycles. The first-order valence-corrected chi connectivity index (χ1v) is 8.49.